The van der Waals surface area contributed by atoms with Gasteiger partial charge in [-0.2, -0.15) is 0 Å². The second-order valence-electron chi connectivity index (χ2n) is 5.76. The lowest BCUT2D eigenvalue weighted by Crippen LogP contribution is -2.13. The van der Waals surface area contributed by atoms with Gasteiger partial charge in [0.1, 0.15) is 0 Å². The molecule has 0 saturated carbocycles. The van der Waals surface area contributed by atoms with Gasteiger partial charge < -0.3 is 4.74 Å². The van der Waals surface area contributed by atoms with Crippen LogP contribution in [0.1, 0.15) is 15.9 Å². The van der Waals surface area contributed by atoms with E-state index >= 15 is 0 Å². The molecule has 0 radical (unpaired) electrons. The van der Waals surface area contributed by atoms with Gasteiger partial charge in [0.05, 0.1) is 12.7 Å². The van der Waals surface area contributed by atoms with E-state index in [-0.39, 0.29) is 5.97 Å². The Labute approximate surface area is 159 Å². The Hall–Kier alpha value is -2.48. The Morgan fingerprint density at radius 2 is 1.35 bits per heavy atom. The minimum absolute atomic E-state index is 0.334. The number of ether oxygens (including phenoxy) is 1. The SMILES string of the molecule is COC(=O)c1ccc(/C=C\P(=S)(c2ccccc2)c2ccccc2)cc1. The maximum absolute atomic E-state index is 11.6. The van der Waals surface area contributed by atoms with Gasteiger partial charge in [0.25, 0.3) is 0 Å². The fourth-order valence-electron chi connectivity index (χ4n) is 2.66. The fourth-order valence-corrected chi connectivity index (χ4v) is 5.83. The van der Waals surface area contributed by atoms with Crippen LogP contribution in [-0.2, 0) is 16.5 Å². The van der Waals surface area contributed by atoms with Crippen LogP contribution in [0.5, 0.6) is 0 Å². The molecule has 3 rings (SSSR count). The number of benzene rings is 3. The lowest BCUT2D eigenvalue weighted by Gasteiger charge is -2.19. The summed E-state index contributed by atoms with van der Waals surface area (Å²) in [6, 6.07) is 25.8. The largest absolute Gasteiger partial charge is 0.465 e. The topological polar surface area (TPSA) is 26.3 Å². The third kappa shape index (κ3) is 4.01. The van der Waals surface area contributed by atoms with Crippen LogP contribution in [-0.4, -0.2) is 13.1 Å². The number of hydrogen-bond acceptors (Lipinski definition) is 3. The molecule has 0 N–H and O–H groups in total. The van der Waals surface area contributed by atoms with Crippen molar-refractivity contribution in [3.05, 3.63) is 102 Å². The van der Waals surface area contributed by atoms with Gasteiger partial charge in [0.2, 0.25) is 0 Å². The second-order valence-corrected chi connectivity index (χ2v) is 10.1. The first-order chi connectivity index (χ1) is 12.6. The average molecular weight is 378 g/mol. The molecular formula is C22H19O2PS. The van der Waals surface area contributed by atoms with Gasteiger partial charge in [0, 0.05) is 6.04 Å². The monoisotopic (exact) mass is 378 g/mol. The number of rotatable bonds is 5. The summed E-state index contributed by atoms with van der Waals surface area (Å²) >= 11 is 6.17. The number of carbonyl (C=O) groups excluding carboxylic acids is 1. The van der Waals surface area contributed by atoms with Gasteiger partial charge in [-0.05, 0) is 34.1 Å². The van der Waals surface area contributed by atoms with Crippen LogP contribution >= 0.6 is 6.04 Å². The molecule has 0 aliphatic heterocycles. The summed E-state index contributed by atoms with van der Waals surface area (Å²) in [6.07, 6.45) is 2.04. The first kappa shape index (κ1) is 18.3. The van der Waals surface area contributed by atoms with Crippen LogP contribution in [0, 0.1) is 0 Å². The quantitative estimate of drug-likeness (QED) is 0.480. The molecule has 0 bridgehead atoms. The van der Waals surface area contributed by atoms with Crippen molar-refractivity contribution < 1.29 is 9.53 Å². The van der Waals surface area contributed by atoms with Crippen molar-refractivity contribution in [1.29, 1.82) is 0 Å². The van der Waals surface area contributed by atoms with E-state index in [4.69, 9.17) is 16.5 Å². The van der Waals surface area contributed by atoms with Crippen molar-refractivity contribution in [1.82, 2.24) is 0 Å². The fraction of sp³-hybridized carbons (Fsp3) is 0.0455. The van der Waals surface area contributed by atoms with Crippen LogP contribution in [0.25, 0.3) is 6.08 Å². The Kier molecular flexibility index (Phi) is 5.82. The molecule has 0 fully saturated rings. The van der Waals surface area contributed by atoms with Crippen molar-refractivity contribution in [2.75, 3.05) is 7.11 Å². The smallest absolute Gasteiger partial charge is 0.337 e. The highest BCUT2D eigenvalue weighted by molar-refractivity contribution is 8.23. The van der Waals surface area contributed by atoms with Crippen molar-refractivity contribution in [2.45, 2.75) is 0 Å². The van der Waals surface area contributed by atoms with Crippen molar-refractivity contribution in [3.63, 3.8) is 0 Å². The van der Waals surface area contributed by atoms with Crippen LogP contribution in [0.3, 0.4) is 0 Å². The van der Waals surface area contributed by atoms with Crippen molar-refractivity contribution in [2.24, 2.45) is 0 Å². The van der Waals surface area contributed by atoms with E-state index in [0.717, 1.165) is 16.2 Å². The Bertz CT molecular complexity index is 905. The Balaban J connectivity index is 1.98. The molecule has 26 heavy (non-hydrogen) atoms. The maximum atomic E-state index is 11.6. The molecule has 0 heterocycles. The molecule has 0 atom stereocenters. The molecule has 0 saturated heterocycles. The molecule has 3 aromatic rings. The zero-order valence-corrected chi connectivity index (χ0v) is 16.1. The summed E-state index contributed by atoms with van der Waals surface area (Å²) in [5.41, 5.74) is 1.54. The molecule has 3 aromatic carbocycles. The van der Waals surface area contributed by atoms with E-state index in [2.05, 4.69) is 30.1 Å². The molecule has 0 spiro atoms. The summed E-state index contributed by atoms with van der Waals surface area (Å²) in [5, 5.41) is 2.31. The third-order valence-electron chi connectivity index (χ3n) is 4.09. The molecule has 0 amide bonds. The zero-order valence-electron chi connectivity index (χ0n) is 14.4. The van der Waals surface area contributed by atoms with Crippen LogP contribution < -0.4 is 10.6 Å². The van der Waals surface area contributed by atoms with E-state index in [1.807, 2.05) is 54.6 Å². The van der Waals surface area contributed by atoms with E-state index in [1.165, 1.54) is 7.11 Å². The number of hydrogen-bond donors (Lipinski definition) is 0. The molecule has 0 aromatic heterocycles. The molecule has 130 valence electrons. The minimum atomic E-state index is -2.07. The van der Waals surface area contributed by atoms with E-state index in [0.29, 0.717) is 5.56 Å². The molecular weight excluding hydrogens is 359 g/mol. The van der Waals surface area contributed by atoms with Crippen molar-refractivity contribution >= 4 is 40.5 Å². The normalized spacial score (nSPS) is 11.4. The summed E-state index contributed by atoms with van der Waals surface area (Å²) in [4.78, 5) is 11.6. The molecule has 0 unspecified atom stereocenters. The first-order valence-electron chi connectivity index (χ1n) is 8.22. The number of esters is 1. The first-order valence-corrected chi connectivity index (χ1v) is 11.1. The minimum Gasteiger partial charge on any atom is -0.465 e. The zero-order chi connectivity index (χ0) is 18.4. The van der Waals surface area contributed by atoms with E-state index in [1.54, 1.807) is 12.1 Å². The summed E-state index contributed by atoms with van der Waals surface area (Å²) in [7, 11) is 1.38. The van der Waals surface area contributed by atoms with Gasteiger partial charge in [-0.25, -0.2) is 4.79 Å². The van der Waals surface area contributed by atoms with E-state index < -0.39 is 6.04 Å². The van der Waals surface area contributed by atoms with Gasteiger partial charge in [-0.3, -0.25) is 0 Å². The van der Waals surface area contributed by atoms with Gasteiger partial charge >= 0.3 is 5.97 Å². The summed E-state index contributed by atoms with van der Waals surface area (Å²) in [5.74, 6) is 1.80. The molecule has 0 aliphatic rings. The van der Waals surface area contributed by atoms with Crippen molar-refractivity contribution in [3.8, 4) is 0 Å². The third-order valence-corrected chi connectivity index (χ3v) is 8.42. The Morgan fingerprint density at radius 3 is 1.81 bits per heavy atom. The predicted molar refractivity (Wildman–Crippen MR) is 113 cm³/mol. The predicted octanol–water partition coefficient (Wildman–Crippen LogP) is 4.57. The average Bonchev–Trinajstić information content (AvgIpc) is 2.73. The van der Waals surface area contributed by atoms with Gasteiger partial charge in [0.15, 0.2) is 0 Å². The second kappa shape index (κ2) is 8.27. The van der Waals surface area contributed by atoms with E-state index in [9.17, 15) is 4.79 Å². The number of methoxy groups -OCH3 is 1. The van der Waals surface area contributed by atoms with Crippen LogP contribution in [0.4, 0.5) is 0 Å². The summed E-state index contributed by atoms with van der Waals surface area (Å²) in [6.45, 7) is 0. The lowest BCUT2D eigenvalue weighted by molar-refractivity contribution is 0.0600. The van der Waals surface area contributed by atoms with Gasteiger partial charge in [-0.15, -0.1) is 0 Å². The Morgan fingerprint density at radius 1 is 0.846 bits per heavy atom. The van der Waals surface area contributed by atoms with Crippen LogP contribution in [0.2, 0.25) is 0 Å². The molecule has 2 nitrogen and oxygen atoms in total. The van der Waals surface area contributed by atoms with Gasteiger partial charge in [-0.1, -0.05) is 90.7 Å². The molecule has 4 heteroatoms. The highest BCUT2D eigenvalue weighted by atomic mass is 32.4. The number of carbonyl (C=O) groups is 1. The summed E-state index contributed by atoms with van der Waals surface area (Å²) < 4.78 is 4.74. The highest BCUT2D eigenvalue weighted by Crippen LogP contribution is 2.45. The molecule has 0 aliphatic carbocycles. The highest BCUT2D eigenvalue weighted by Gasteiger charge is 2.18. The standard InChI is InChI=1S/C22H19O2PS/c1-24-22(23)19-14-12-18(13-15-19)16-17-25(26,20-8-4-2-5-9-20)21-10-6-3-7-11-21/h2-17H,1H3/b17-16-. The maximum Gasteiger partial charge on any atom is 0.337 e. The lowest BCUT2D eigenvalue weighted by atomic mass is 10.1. The van der Waals surface area contributed by atoms with Crippen LogP contribution in [0.15, 0.2) is 90.7 Å².